The van der Waals surface area contributed by atoms with Crippen molar-refractivity contribution in [1.29, 1.82) is 0 Å². The van der Waals surface area contributed by atoms with Crippen molar-refractivity contribution in [2.75, 3.05) is 33.0 Å². The summed E-state index contributed by atoms with van der Waals surface area (Å²) < 4.78 is 29.4. The van der Waals surface area contributed by atoms with Crippen LogP contribution in [0.3, 0.4) is 0 Å². The molecule has 2 aromatic rings. The molecular weight excluding hydrogens is 363 g/mol. The van der Waals surface area contributed by atoms with Gasteiger partial charge in [0.2, 0.25) is 6.79 Å². The number of nitrogens with zero attached hydrogens (tertiary/aromatic N) is 2. The maximum Gasteiger partial charge on any atom is 0.263 e. The number of benzene rings is 2. The summed E-state index contributed by atoms with van der Waals surface area (Å²) in [4.78, 5) is 16.8. The molecule has 1 fully saturated rings. The molecule has 0 aromatic heterocycles. The Bertz CT molecular complexity index is 835. The third kappa shape index (κ3) is 4.20. The Morgan fingerprint density at radius 1 is 1.07 bits per heavy atom. The third-order valence-electron chi connectivity index (χ3n) is 5.00. The summed E-state index contributed by atoms with van der Waals surface area (Å²) in [6.07, 6.45) is -0.606. The van der Waals surface area contributed by atoms with E-state index in [0.717, 1.165) is 36.7 Å². The molecule has 148 valence electrons. The van der Waals surface area contributed by atoms with Crippen LogP contribution in [0.2, 0.25) is 0 Å². The Labute approximate surface area is 163 Å². The van der Waals surface area contributed by atoms with Gasteiger partial charge in [-0.15, -0.1) is 0 Å². The molecule has 0 saturated carbocycles. The largest absolute Gasteiger partial charge is 0.481 e. The lowest BCUT2D eigenvalue weighted by Crippen LogP contribution is -2.51. The van der Waals surface area contributed by atoms with Crippen LogP contribution in [0.15, 0.2) is 42.5 Å². The van der Waals surface area contributed by atoms with Gasteiger partial charge in [0.15, 0.2) is 17.6 Å². The van der Waals surface area contributed by atoms with Crippen LogP contribution in [0.4, 0.5) is 4.39 Å². The van der Waals surface area contributed by atoms with Gasteiger partial charge in [-0.2, -0.15) is 0 Å². The molecule has 7 heteroatoms. The van der Waals surface area contributed by atoms with E-state index in [9.17, 15) is 9.18 Å². The Kier molecular flexibility index (Phi) is 5.34. The lowest BCUT2D eigenvalue weighted by Gasteiger charge is -2.35. The first-order valence-electron chi connectivity index (χ1n) is 9.40. The zero-order chi connectivity index (χ0) is 19.5. The van der Waals surface area contributed by atoms with Gasteiger partial charge in [0.05, 0.1) is 0 Å². The number of amides is 1. The lowest BCUT2D eigenvalue weighted by atomic mass is 10.1. The number of piperazine rings is 1. The summed E-state index contributed by atoms with van der Waals surface area (Å²) in [5, 5.41) is 0. The quantitative estimate of drug-likeness (QED) is 0.791. The molecule has 0 radical (unpaired) electrons. The molecule has 6 nitrogen and oxygen atoms in total. The van der Waals surface area contributed by atoms with E-state index in [4.69, 9.17) is 14.2 Å². The second-order valence-corrected chi connectivity index (χ2v) is 7.00. The zero-order valence-corrected chi connectivity index (χ0v) is 15.8. The highest BCUT2D eigenvalue weighted by Crippen LogP contribution is 2.32. The van der Waals surface area contributed by atoms with E-state index in [1.165, 1.54) is 24.3 Å². The predicted octanol–water partition coefficient (Wildman–Crippen LogP) is 2.67. The number of carbonyl (C=O) groups is 1. The van der Waals surface area contributed by atoms with E-state index in [1.54, 1.807) is 6.92 Å². The molecule has 2 heterocycles. The van der Waals surface area contributed by atoms with Gasteiger partial charge >= 0.3 is 0 Å². The van der Waals surface area contributed by atoms with Gasteiger partial charge in [0.25, 0.3) is 5.91 Å². The van der Waals surface area contributed by atoms with Gasteiger partial charge in [-0.3, -0.25) is 9.69 Å². The van der Waals surface area contributed by atoms with Crippen LogP contribution in [0.5, 0.6) is 17.2 Å². The van der Waals surface area contributed by atoms with Crippen molar-refractivity contribution in [2.24, 2.45) is 0 Å². The van der Waals surface area contributed by atoms with E-state index in [0.29, 0.717) is 18.8 Å². The Balaban J connectivity index is 1.27. The number of hydrogen-bond donors (Lipinski definition) is 0. The summed E-state index contributed by atoms with van der Waals surface area (Å²) in [6, 6.07) is 11.7. The van der Waals surface area contributed by atoms with Crippen molar-refractivity contribution in [3.63, 3.8) is 0 Å². The SMILES string of the molecule is C[C@@H](Oc1ccc(F)cc1)C(=O)N1CCN(Cc2ccc3c(c2)OCO3)CC1. The van der Waals surface area contributed by atoms with Gasteiger partial charge in [0, 0.05) is 32.7 Å². The van der Waals surface area contributed by atoms with E-state index >= 15 is 0 Å². The summed E-state index contributed by atoms with van der Waals surface area (Å²) in [5.74, 6) is 1.69. The number of ether oxygens (including phenoxy) is 3. The number of hydrogen-bond acceptors (Lipinski definition) is 5. The highest BCUT2D eigenvalue weighted by molar-refractivity contribution is 5.81. The van der Waals surface area contributed by atoms with Gasteiger partial charge in [-0.05, 0) is 48.9 Å². The summed E-state index contributed by atoms with van der Waals surface area (Å²) >= 11 is 0. The molecule has 1 amide bonds. The number of halogens is 1. The maximum absolute atomic E-state index is 13.0. The lowest BCUT2D eigenvalue weighted by molar-refractivity contribution is -0.139. The molecule has 0 N–H and O–H groups in total. The molecule has 0 aliphatic carbocycles. The second-order valence-electron chi connectivity index (χ2n) is 7.00. The molecule has 0 spiro atoms. The number of rotatable bonds is 5. The summed E-state index contributed by atoms with van der Waals surface area (Å²) in [7, 11) is 0. The molecule has 2 aromatic carbocycles. The van der Waals surface area contributed by atoms with E-state index in [2.05, 4.69) is 4.90 Å². The fourth-order valence-corrected chi connectivity index (χ4v) is 3.45. The van der Waals surface area contributed by atoms with Crippen molar-refractivity contribution in [3.05, 3.63) is 53.8 Å². The van der Waals surface area contributed by atoms with E-state index < -0.39 is 6.10 Å². The maximum atomic E-state index is 13.0. The van der Waals surface area contributed by atoms with Crippen LogP contribution in [0.25, 0.3) is 0 Å². The molecule has 1 atom stereocenters. The van der Waals surface area contributed by atoms with Crippen molar-refractivity contribution < 1.29 is 23.4 Å². The highest BCUT2D eigenvalue weighted by atomic mass is 19.1. The first kappa shape index (κ1) is 18.6. The molecule has 2 aliphatic rings. The van der Waals surface area contributed by atoms with Crippen LogP contribution >= 0.6 is 0 Å². The Morgan fingerprint density at radius 2 is 1.79 bits per heavy atom. The second kappa shape index (κ2) is 8.06. The highest BCUT2D eigenvalue weighted by Gasteiger charge is 2.26. The molecular formula is C21H23FN2O4. The molecule has 1 saturated heterocycles. The molecule has 2 aliphatic heterocycles. The van der Waals surface area contributed by atoms with Crippen molar-refractivity contribution >= 4 is 5.91 Å². The van der Waals surface area contributed by atoms with Crippen LogP contribution in [0, 0.1) is 5.82 Å². The van der Waals surface area contributed by atoms with Gasteiger partial charge in [-0.1, -0.05) is 6.07 Å². The summed E-state index contributed by atoms with van der Waals surface area (Å²) in [6.45, 7) is 5.70. The van der Waals surface area contributed by atoms with Gasteiger partial charge in [-0.25, -0.2) is 4.39 Å². The van der Waals surface area contributed by atoms with Crippen molar-refractivity contribution in [3.8, 4) is 17.2 Å². The minimum atomic E-state index is -0.606. The molecule has 0 unspecified atom stereocenters. The van der Waals surface area contributed by atoms with Gasteiger partial charge < -0.3 is 19.1 Å². The standard InChI is InChI=1S/C21H23FN2O4/c1-15(28-18-5-3-17(22)4-6-18)21(25)24-10-8-23(9-11-24)13-16-2-7-19-20(12-16)27-14-26-19/h2-7,12,15H,8-11,13-14H2,1H3/t15-/m1/s1. The van der Waals surface area contributed by atoms with Crippen LogP contribution in [0.1, 0.15) is 12.5 Å². The smallest absolute Gasteiger partial charge is 0.263 e. The minimum Gasteiger partial charge on any atom is -0.481 e. The normalized spacial score (nSPS) is 17.4. The third-order valence-corrected chi connectivity index (χ3v) is 5.00. The van der Waals surface area contributed by atoms with Crippen LogP contribution in [-0.4, -0.2) is 54.8 Å². The van der Waals surface area contributed by atoms with Crippen molar-refractivity contribution in [2.45, 2.75) is 19.6 Å². The van der Waals surface area contributed by atoms with Crippen LogP contribution < -0.4 is 14.2 Å². The Hall–Kier alpha value is -2.80. The van der Waals surface area contributed by atoms with Gasteiger partial charge in [0.1, 0.15) is 11.6 Å². The summed E-state index contributed by atoms with van der Waals surface area (Å²) in [5.41, 5.74) is 1.16. The van der Waals surface area contributed by atoms with Crippen molar-refractivity contribution in [1.82, 2.24) is 9.80 Å². The molecule has 4 rings (SSSR count). The number of carbonyl (C=O) groups excluding carboxylic acids is 1. The zero-order valence-electron chi connectivity index (χ0n) is 15.8. The first-order chi connectivity index (χ1) is 13.6. The fourth-order valence-electron chi connectivity index (χ4n) is 3.45. The molecule has 28 heavy (non-hydrogen) atoms. The average Bonchev–Trinajstić information content (AvgIpc) is 3.17. The minimum absolute atomic E-state index is 0.0490. The topological polar surface area (TPSA) is 51.2 Å². The first-order valence-corrected chi connectivity index (χ1v) is 9.40. The predicted molar refractivity (Wildman–Crippen MR) is 101 cm³/mol. The van der Waals surface area contributed by atoms with Crippen LogP contribution in [-0.2, 0) is 11.3 Å². The Morgan fingerprint density at radius 3 is 2.54 bits per heavy atom. The van der Waals surface area contributed by atoms with E-state index in [-0.39, 0.29) is 18.5 Å². The molecule has 0 bridgehead atoms. The monoisotopic (exact) mass is 386 g/mol. The fraction of sp³-hybridized carbons (Fsp3) is 0.381. The average molecular weight is 386 g/mol. The van der Waals surface area contributed by atoms with E-state index in [1.807, 2.05) is 23.1 Å². The number of fused-ring (bicyclic) bond motifs is 1.